The molecule has 1 aromatic carbocycles. The number of nitrogens with zero attached hydrogens (tertiary/aromatic N) is 2. The summed E-state index contributed by atoms with van der Waals surface area (Å²) >= 11 is 0. The molecule has 0 radical (unpaired) electrons. The van der Waals surface area contributed by atoms with Crippen molar-refractivity contribution >= 4 is 11.9 Å². The van der Waals surface area contributed by atoms with Crippen LogP contribution in [0.5, 0.6) is 0 Å². The number of anilines is 1. The van der Waals surface area contributed by atoms with Crippen LogP contribution in [0.3, 0.4) is 0 Å². The van der Waals surface area contributed by atoms with E-state index in [2.05, 4.69) is 32.7 Å². The van der Waals surface area contributed by atoms with E-state index in [1.54, 1.807) is 12.3 Å². The highest BCUT2D eigenvalue weighted by molar-refractivity contribution is 5.92. The lowest BCUT2D eigenvalue weighted by atomic mass is 10.1. The first-order valence-corrected chi connectivity index (χ1v) is 8.10. The number of hydrogen-bond donors (Lipinski definition) is 2. The Hall–Kier alpha value is -2.43. The van der Waals surface area contributed by atoms with Crippen molar-refractivity contribution in [3.05, 3.63) is 53.9 Å². The van der Waals surface area contributed by atoms with E-state index < -0.39 is 0 Å². The Morgan fingerprint density at radius 3 is 2.74 bits per heavy atom. The third kappa shape index (κ3) is 5.70. The van der Waals surface area contributed by atoms with Crippen LogP contribution in [-0.2, 0) is 6.42 Å². The summed E-state index contributed by atoms with van der Waals surface area (Å²) in [4.78, 5) is 20.5. The van der Waals surface area contributed by atoms with Gasteiger partial charge in [0, 0.05) is 18.8 Å². The molecule has 0 aliphatic carbocycles. The lowest BCUT2D eigenvalue weighted by molar-refractivity contribution is 0.0934. The van der Waals surface area contributed by atoms with Crippen molar-refractivity contribution < 1.29 is 4.79 Å². The molecular weight excluding hydrogens is 288 g/mol. The number of aryl methyl sites for hydroxylation is 1. The maximum Gasteiger partial charge on any atom is 0.270 e. The fraction of sp³-hybridized carbons (Fsp3) is 0.389. The molecule has 122 valence electrons. The van der Waals surface area contributed by atoms with Gasteiger partial charge in [0.15, 0.2) is 0 Å². The average molecular weight is 312 g/mol. The maximum atomic E-state index is 12.1. The highest BCUT2D eigenvalue weighted by Crippen LogP contribution is 2.05. The molecule has 0 saturated carbocycles. The van der Waals surface area contributed by atoms with E-state index in [1.165, 1.54) is 5.56 Å². The van der Waals surface area contributed by atoms with Gasteiger partial charge in [0.2, 0.25) is 5.95 Å². The minimum absolute atomic E-state index is 0.139. The summed E-state index contributed by atoms with van der Waals surface area (Å²) in [6, 6.07) is 12.1. The van der Waals surface area contributed by atoms with Gasteiger partial charge in [0.25, 0.3) is 5.91 Å². The largest absolute Gasteiger partial charge is 0.354 e. The van der Waals surface area contributed by atoms with Crippen LogP contribution in [0.1, 0.15) is 42.7 Å². The van der Waals surface area contributed by atoms with Gasteiger partial charge in [-0.2, -0.15) is 0 Å². The van der Waals surface area contributed by atoms with Gasteiger partial charge in [-0.1, -0.05) is 37.3 Å². The summed E-state index contributed by atoms with van der Waals surface area (Å²) in [5.41, 5.74) is 1.71. The van der Waals surface area contributed by atoms with Crippen molar-refractivity contribution in [1.29, 1.82) is 0 Å². The van der Waals surface area contributed by atoms with E-state index in [-0.39, 0.29) is 11.9 Å². The Kier molecular flexibility index (Phi) is 6.54. The first-order chi connectivity index (χ1) is 11.2. The minimum atomic E-state index is -0.158. The zero-order valence-corrected chi connectivity index (χ0v) is 13.7. The van der Waals surface area contributed by atoms with Crippen LogP contribution in [0.4, 0.5) is 5.95 Å². The lowest BCUT2D eigenvalue weighted by Gasteiger charge is -2.11. The summed E-state index contributed by atoms with van der Waals surface area (Å²) in [6.07, 6.45) is 4.48. The normalized spacial score (nSPS) is 11.7. The van der Waals surface area contributed by atoms with E-state index in [0.717, 1.165) is 25.8 Å². The number of nitrogens with one attached hydrogen (secondary N) is 2. The molecule has 1 aromatic heterocycles. The molecule has 2 aromatic rings. The Bertz CT molecular complexity index is 615. The zero-order valence-electron chi connectivity index (χ0n) is 13.7. The standard InChI is InChI=1S/C18H24N4O/c1-3-14(2)21-17(23)16-11-13-20-18(22-16)19-12-7-10-15-8-5-4-6-9-15/h4-6,8-9,11,13-14H,3,7,10,12H2,1-2H3,(H,21,23)(H,19,20,22). The predicted molar refractivity (Wildman–Crippen MR) is 92.5 cm³/mol. The van der Waals surface area contributed by atoms with E-state index in [4.69, 9.17) is 0 Å². The fourth-order valence-electron chi connectivity index (χ4n) is 2.11. The van der Waals surface area contributed by atoms with Crippen molar-refractivity contribution in [2.75, 3.05) is 11.9 Å². The molecule has 2 rings (SSSR count). The van der Waals surface area contributed by atoms with Crippen molar-refractivity contribution in [2.45, 2.75) is 39.2 Å². The molecule has 23 heavy (non-hydrogen) atoms. The van der Waals surface area contributed by atoms with Crippen molar-refractivity contribution in [3.8, 4) is 0 Å². The zero-order chi connectivity index (χ0) is 16.5. The topological polar surface area (TPSA) is 66.9 Å². The second kappa shape index (κ2) is 8.88. The molecule has 5 heteroatoms. The summed E-state index contributed by atoms with van der Waals surface area (Å²) < 4.78 is 0. The van der Waals surface area contributed by atoms with Crippen LogP contribution < -0.4 is 10.6 Å². The van der Waals surface area contributed by atoms with Crippen LogP contribution in [0.15, 0.2) is 42.6 Å². The van der Waals surface area contributed by atoms with Crippen LogP contribution in [0, 0.1) is 0 Å². The molecule has 0 aliphatic rings. The fourth-order valence-corrected chi connectivity index (χ4v) is 2.11. The van der Waals surface area contributed by atoms with Gasteiger partial charge < -0.3 is 10.6 Å². The number of benzene rings is 1. The van der Waals surface area contributed by atoms with Gasteiger partial charge in [0.05, 0.1) is 0 Å². The van der Waals surface area contributed by atoms with Gasteiger partial charge >= 0.3 is 0 Å². The SMILES string of the molecule is CCC(C)NC(=O)c1ccnc(NCCCc2ccccc2)n1. The highest BCUT2D eigenvalue weighted by atomic mass is 16.1. The Morgan fingerprint density at radius 2 is 2.00 bits per heavy atom. The lowest BCUT2D eigenvalue weighted by Crippen LogP contribution is -2.32. The Balaban J connectivity index is 1.81. The molecule has 0 fully saturated rings. The molecule has 1 heterocycles. The molecule has 2 N–H and O–H groups in total. The third-order valence-electron chi connectivity index (χ3n) is 3.65. The molecule has 0 bridgehead atoms. The van der Waals surface area contributed by atoms with E-state index in [1.807, 2.05) is 32.0 Å². The first-order valence-electron chi connectivity index (χ1n) is 8.10. The number of carbonyl (C=O) groups excluding carboxylic acids is 1. The van der Waals surface area contributed by atoms with Crippen molar-refractivity contribution in [1.82, 2.24) is 15.3 Å². The predicted octanol–water partition coefficient (Wildman–Crippen LogP) is 3.05. The van der Waals surface area contributed by atoms with E-state index in [9.17, 15) is 4.79 Å². The van der Waals surface area contributed by atoms with Crippen molar-refractivity contribution in [2.24, 2.45) is 0 Å². The van der Waals surface area contributed by atoms with Crippen molar-refractivity contribution in [3.63, 3.8) is 0 Å². The van der Waals surface area contributed by atoms with Gasteiger partial charge in [-0.3, -0.25) is 4.79 Å². The van der Waals surface area contributed by atoms with E-state index in [0.29, 0.717) is 11.6 Å². The van der Waals surface area contributed by atoms with Crippen LogP contribution in [0.25, 0.3) is 0 Å². The van der Waals surface area contributed by atoms with Gasteiger partial charge in [0.1, 0.15) is 5.69 Å². The summed E-state index contributed by atoms with van der Waals surface area (Å²) in [6.45, 7) is 4.78. The number of rotatable bonds is 8. The van der Waals surface area contributed by atoms with E-state index >= 15 is 0 Å². The second-order valence-corrected chi connectivity index (χ2v) is 5.56. The molecule has 1 amide bonds. The van der Waals surface area contributed by atoms with Crippen LogP contribution in [0.2, 0.25) is 0 Å². The summed E-state index contributed by atoms with van der Waals surface area (Å²) in [5, 5.41) is 6.08. The monoisotopic (exact) mass is 312 g/mol. The van der Waals surface area contributed by atoms with Gasteiger partial charge in [-0.15, -0.1) is 0 Å². The van der Waals surface area contributed by atoms with Gasteiger partial charge in [-0.05, 0) is 37.8 Å². The van der Waals surface area contributed by atoms with Gasteiger partial charge in [-0.25, -0.2) is 9.97 Å². The quantitative estimate of drug-likeness (QED) is 0.735. The molecule has 0 aliphatic heterocycles. The molecular formula is C18H24N4O. The molecule has 1 unspecified atom stereocenters. The Morgan fingerprint density at radius 1 is 1.22 bits per heavy atom. The Labute approximate surface area is 137 Å². The summed E-state index contributed by atoms with van der Waals surface area (Å²) in [7, 11) is 0. The molecule has 0 saturated heterocycles. The molecule has 1 atom stereocenters. The number of aromatic nitrogens is 2. The number of hydrogen-bond acceptors (Lipinski definition) is 4. The second-order valence-electron chi connectivity index (χ2n) is 5.56. The highest BCUT2D eigenvalue weighted by Gasteiger charge is 2.10. The smallest absolute Gasteiger partial charge is 0.270 e. The average Bonchev–Trinajstić information content (AvgIpc) is 2.59. The maximum absolute atomic E-state index is 12.1. The van der Waals surface area contributed by atoms with Crippen LogP contribution >= 0.6 is 0 Å². The summed E-state index contributed by atoms with van der Waals surface area (Å²) in [5.74, 6) is 0.337. The third-order valence-corrected chi connectivity index (χ3v) is 3.65. The molecule has 5 nitrogen and oxygen atoms in total. The number of amides is 1. The molecule has 0 spiro atoms. The van der Waals surface area contributed by atoms with Crippen LogP contribution in [-0.4, -0.2) is 28.5 Å². The first kappa shape index (κ1) is 16.9. The minimum Gasteiger partial charge on any atom is -0.354 e. The number of carbonyl (C=O) groups is 1.